The van der Waals surface area contributed by atoms with Crippen LogP contribution in [-0.4, -0.2) is 22.9 Å². The van der Waals surface area contributed by atoms with Gasteiger partial charge >= 0.3 is 0 Å². The first-order valence-corrected chi connectivity index (χ1v) is 6.83. The third-order valence-electron chi connectivity index (χ3n) is 3.89. The first-order chi connectivity index (χ1) is 8.66. The lowest BCUT2D eigenvalue weighted by atomic mass is 9.87. The van der Waals surface area contributed by atoms with Crippen molar-refractivity contribution in [2.75, 3.05) is 6.54 Å². The summed E-state index contributed by atoms with van der Waals surface area (Å²) < 4.78 is 0. The third-order valence-corrected chi connectivity index (χ3v) is 3.89. The first kappa shape index (κ1) is 13.4. The molecule has 0 amide bonds. The summed E-state index contributed by atoms with van der Waals surface area (Å²) in [4.78, 5) is 0. The number of aryl methyl sites for hydroxylation is 1. The Hall–Kier alpha value is -1.06. The van der Waals surface area contributed by atoms with Crippen LogP contribution in [-0.2, 0) is 6.54 Å². The fraction of sp³-hybridized carbons (Fsp3) is 0.600. The molecule has 0 aromatic heterocycles. The van der Waals surface area contributed by atoms with Crippen LogP contribution in [0, 0.1) is 12.8 Å². The average molecular weight is 249 g/mol. The van der Waals surface area contributed by atoms with E-state index in [9.17, 15) is 10.2 Å². The van der Waals surface area contributed by atoms with E-state index in [-0.39, 0.29) is 6.10 Å². The topological polar surface area (TPSA) is 52.5 Å². The lowest BCUT2D eigenvalue weighted by Gasteiger charge is -2.25. The van der Waals surface area contributed by atoms with Crippen molar-refractivity contribution >= 4 is 0 Å². The van der Waals surface area contributed by atoms with Gasteiger partial charge in [-0.05, 0) is 50.6 Å². The summed E-state index contributed by atoms with van der Waals surface area (Å²) in [6, 6.07) is 5.85. The SMILES string of the molecule is Cc1cccc(CNCC2CCC(O)CC2)c1O. The largest absolute Gasteiger partial charge is 0.507 e. The normalized spacial score (nSPS) is 24.1. The van der Waals surface area contributed by atoms with Gasteiger partial charge in [0, 0.05) is 12.1 Å². The van der Waals surface area contributed by atoms with Crippen LogP contribution in [0.15, 0.2) is 18.2 Å². The standard InChI is InChI=1S/C15H23NO2/c1-11-3-2-4-13(15(11)18)10-16-9-12-5-7-14(17)8-6-12/h2-4,12,14,16-18H,5-10H2,1H3. The predicted octanol–water partition coefficient (Wildman–Crippen LogP) is 2.34. The van der Waals surface area contributed by atoms with E-state index >= 15 is 0 Å². The lowest BCUT2D eigenvalue weighted by molar-refractivity contribution is 0.108. The second-order valence-corrected chi connectivity index (χ2v) is 5.39. The van der Waals surface area contributed by atoms with Gasteiger partial charge in [-0.1, -0.05) is 18.2 Å². The quantitative estimate of drug-likeness (QED) is 0.767. The number of aromatic hydroxyl groups is 1. The van der Waals surface area contributed by atoms with E-state index in [4.69, 9.17) is 0 Å². The molecule has 0 atom stereocenters. The minimum Gasteiger partial charge on any atom is -0.507 e. The molecule has 100 valence electrons. The van der Waals surface area contributed by atoms with Crippen molar-refractivity contribution in [2.24, 2.45) is 5.92 Å². The van der Waals surface area contributed by atoms with Gasteiger partial charge in [0.05, 0.1) is 6.10 Å². The number of rotatable bonds is 4. The van der Waals surface area contributed by atoms with E-state index in [1.807, 2.05) is 25.1 Å². The van der Waals surface area contributed by atoms with Gasteiger partial charge in [-0.15, -0.1) is 0 Å². The molecule has 0 unspecified atom stereocenters. The molecule has 1 aliphatic carbocycles. The highest BCUT2D eigenvalue weighted by Crippen LogP contribution is 2.24. The maximum atomic E-state index is 9.90. The van der Waals surface area contributed by atoms with Crippen molar-refractivity contribution in [1.29, 1.82) is 0 Å². The van der Waals surface area contributed by atoms with E-state index in [2.05, 4.69) is 5.32 Å². The van der Waals surface area contributed by atoms with Crippen molar-refractivity contribution in [3.05, 3.63) is 29.3 Å². The highest BCUT2D eigenvalue weighted by molar-refractivity contribution is 5.39. The Bertz CT molecular complexity index is 384. The van der Waals surface area contributed by atoms with Gasteiger partial charge in [0.1, 0.15) is 5.75 Å². The maximum absolute atomic E-state index is 9.90. The fourth-order valence-corrected chi connectivity index (χ4v) is 2.62. The highest BCUT2D eigenvalue weighted by Gasteiger charge is 2.18. The second kappa shape index (κ2) is 6.21. The zero-order valence-corrected chi connectivity index (χ0v) is 11.0. The number of benzene rings is 1. The predicted molar refractivity (Wildman–Crippen MR) is 72.5 cm³/mol. The molecule has 0 radical (unpaired) electrons. The molecule has 0 aliphatic heterocycles. The molecular weight excluding hydrogens is 226 g/mol. The Balaban J connectivity index is 1.77. The van der Waals surface area contributed by atoms with E-state index in [1.165, 1.54) is 0 Å². The summed E-state index contributed by atoms with van der Waals surface area (Å²) in [5.74, 6) is 1.07. The molecule has 1 aromatic carbocycles. The Morgan fingerprint density at radius 2 is 1.94 bits per heavy atom. The maximum Gasteiger partial charge on any atom is 0.122 e. The monoisotopic (exact) mass is 249 g/mol. The molecule has 0 spiro atoms. The van der Waals surface area contributed by atoms with Crippen LogP contribution >= 0.6 is 0 Å². The first-order valence-electron chi connectivity index (χ1n) is 6.83. The Labute approximate surface area is 109 Å². The number of aliphatic hydroxyl groups excluding tert-OH is 1. The van der Waals surface area contributed by atoms with Crippen LogP contribution in [0.1, 0.15) is 36.8 Å². The molecule has 0 saturated heterocycles. The van der Waals surface area contributed by atoms with Crippen LogP contribution in [0.4, 0.5) is 0 Å². The minimum atomic E-state index is -0.0814. The van der Waals surface area contributed by atoms with Crippen molar-refractivity contribution in [3.63, 3.8) is 0 Å². The molecule has 1 aliphatic rings. The van der Waals surface area contributed by atoms with Gasteiger partial charge in [-0.3, -0.25) is 0 Å². The van der Waals surface area contributed by atoms with Crippen LogP contribution in [0.3, 0.4) is 0 Å². The number of phenols is 1. The number of aliphatic hydroxyl groups is 1. The Morgan fingerprint density at radius 3 is 2.67 bits per heavy atom. The summed E-state index contributed by atoms with van der Waals surface area (Å²) in [5, 5.41) is 22.8. The minimum absolute atomic E-state index is 0.0814. The molecule has 3 heteroatoms. The van der Waals surface area contributed by atoms with E-state index in [0.29, 0.717) is 18.2 Å². The molecule has 1 saturated carbocycles. The van der Waals surface area contributed by atoms with Crippen molar-refractivity contribution in [2.45, 2.75) is 45.3 Å². The van der Waals surface area contributed by atoms with Gasteiger partial charge in [-0.25, -0.2) is 0 Å². The average Bonchev–Trinajstić information content (AvgIpc) is 2.37. The number of hydrogen-bond acceptors (Lipinski definition) is 3. The van der Waals surface area contributed by atoms with E-state index in [0.717, 1.165) is 43.4 Å². The number of phenolic OH excluding ortho intramolecular Hbond substituents is 1. The number of para-hydroxylation sites is 1. The second-order valence-electron chi connectivity index (χ2n) is 5.39. The van der Waals surface area contributed by atoms with Crippen molar-refractivity contribution in [1.82, 2.24) is 5.32 Å². The van der Waals surface area contributed by atoms with Crippen LogP contribution in [0.2, 0.25) is 0 Å². The third kappa shape index (κ3) is 3.47. The molecule has 3 N–H and O–H groups in total. The molecule has 2 rings (SSSR count). The van der Waals surface area contributed by atoms with Gasteiger partial charge in [-0.2, -0.15) is 0 Å². The zero-order chi connectivity index (χ0) is 13.0. The summed E-state index contributed by atoms with van der Waals surface area (Å²) in [6.45, 7) is 3.61. The van der Waals surface area contributed by atoms with E-state index in [1.54, 1.807) is 0 Å². The van der Waals surface area contributed by atoms with Crippen LogP contribution < -0.4 is 5.32 Å². The summed E-state index contributed by atoms with van der Waals surface area (Å²) >= 11 is 0. The summed E-state index contributed by atoms with van der Waals surface area (Å²) in [6.07, 6.45) is 3.99. The Morgan fingerprint density at radius 1 is 1.22 bits per heavy atom. The molecule has 0 bridgehead atoms. The molecule has 1 aromatic rings. The van der Waals surface area contributed by atoms with Crippen LogP contribution in [0.5, 0.6) is 5.75 Å². The Kier molecular flexibility index (Phi) is 4.61. The number of hydrogen-bond donors (Lipinski definition) is 3. The molecule has 3 nitrogen and oxygen atoms in total. The summed E-state index contributed by atoms with van der Waals surface area (Å²) in [5.41, 5.74) is 1.89. The van der Waals surface area contributed by atoms with Gasteiger partial charge in [0.2, 0.25) is 0 Å². The number of nitrogens with one attached hydrogen (secondary N) is 1. The van der Waals surface area contributed by atoms with Crippen molar-refractivity contribution < 1.29 is 10.2 Å². The highest BCUT2D eigenvalue weighted by atomic mass is 16.3. The fourth-order valence-electron chi connectivity index (χ4n) is 2.62. The molecular formula is C15H23NO2. The zero-order valence-electron chi connectivity index (χ0n) is 11.0. The van der Waals surface area contributed by atoms with Gasteiger partial charge in [0.25, 0.3) is 0 Å². The summed E-state index contributed by atoms with van der Waals surface area (Å²) in [7, 11) is 0. The lowest BCUT2D eigenvalue weighted by Crippen LogP contribution is -2.27. The molecule has 0 heterocycles. The van der Waals surface area contributed by atoms with Gasteiger partial charge < -0.3 is 15.5 Å². The molecule has 18 heavy (non-hydrogen) atoms. The van der Waals surface area contributed by atoms with E-state index < -0.39 is 0 Å². The van der Waals surface area contributed by atoms with Crippen molar-refractivity contribution in [3.8, 4) is 5.75 Å². The van der Waals surface area contributed by atoms with Gasteiger partial charge in [0.15, 0.2) is 0 Å². The molecule has 1 fully saturated rings. The smallest absolute Gasteiger partial charge is 0.122 e. The van der Waals surface area contributed by atoms with Crippen LogP contribution in [0.25, 0.3) is 0 Å².